The minimum Gasteiger partial charge on any atom is -0.328 e. The van der Waals surface area contributed by atoms with Crippen molar-refractivity contribution in [3.8, 4) is 0 Å². The Morgan fingerprint density at radius 1 is 1.13 bits per heavy atom. The summed E-state index contributed by atoms with van der Waals surface area (Å²) in [6.45, 7) is 1.64. The van der Waals surface area contributed by atoms with Crippen molar-refractivity contribution in [3.05, 3.63) is 0 Å². The molecule has 2 atom stereocenters. The first kappa shape index (κ1) is 11.4. The summed E-state index contributed by atoms with van der Waals surface area (Å²) in [4.78, 5) is 2.33. The lowest BCUT2D eigenvalue weighted by atomic mass is 10.2. The van der Waals surface area contributed by atoms with Gasteiger partial charge >= 0.3 is 0 Å². The molecule has 1 heterocycles. The molecule has 15 heavy (non-hydrogen) atoms. The lowest BCUT2D eigenvalue weighted by Gasteiger charge is -2.26. The van der Waals surface area contributed by atoms with Crippen LogP contribution in [0.1, 0.15) is 25.7 Å². The van der Waals surface area contributed by atoms with Crippen LogP contribution in [0.15, 0.2) is 0 Å². The zero-order chi connectivity index (χ0) is 10.9. The highest BCUT2D eigenvalue weighted by atomic mass is 32.2. The van der Waals surface area contributed by atoms with Crippen molar-refractivity contribution in [2.24, 2.45) is 5.73 Å². The highest BCUT2D eigenvalue weighted by Gasteiger charge is 2.29. The maximum absolute atomic E-state index is 11.4. The van der Waals surface area contributed by atoms with Crippen LogP contribution in [-0.2, 0) is 9.84 Å². The highest BCUT2D eigenvalue weighted by Crippen LogP contribution is 2.24. The van der Waals surface area contributed by atoms with E-state index in [1.807, 2.05) is 0 Å². The minimum atomic E-state index is -2.77. The Morgan fingerprint density at radius 3 is 2.60 bits per heavy atom. The average Bonchev–Trinajstić information content (AvgIpc) is 2.49. The van der Waals surface area contributed by atoms with Crippen molar-refractivity contribution in [2.75, 3.05) is 24.6 Å². The molecule has 1 aliphatic carbocycles. The monoisotopic (exact) mass is 232 g/mol. The van der Waals surface area contributed by atoms with Crippen LogP contribution in [0, 0.1) is 0 Å². The van der Waals surface area contributed by atoms with Gasteiger partial charge in [0.1, 0.15) is 0 Å². The average molecular weight is 232 g/mol. The summed E-state index contributed by atoms with van der Waals surface area (Å²) in [6.07, 6.45) is 4.06. The van der Waals surface area contributed by atoms with Crippen LogP contribution >= 0.6 is 0 Å². The van der Waals surface area contributed by atoms with Gasteiger partial charge in [-0.2, -0.15) is 0 Å². The summed E-state index contributed by atoms with van der Waals surface area (Å²) in [6, 6.07) is 0.864. The second-order valence-corrected chi connectivity index (χ2v) is 7.07. The van der Waals surface area contributed by atoms with Gasteiger partial charge in [-0.1, -0.05) is 0 Å². The molecule has 2 unspecified atom stereocenters. The van der Waals surface area contributed by atoms with Gasteiger partial charge < -0.3 is 5.73 Å². The lowest BCUT2D eigenvalue weighted by molar-refractivity contribution is 0.213. The van der Waals surface area contributed by atoms with Gasteiger partial charge in [0.15, 0.2) is 9.84 Å². The van der Waals surface area contributed by atoms with Crippen molar-refractivity contribution in [2.45, 2.75) is 37.8 Å². The van der Waals surface area contributed by atoms with Crippen LogP contribution < -0.4 is 5.73 Å². The Bertz CT molecular complexity index is 315. The van der Waals surface area contributed by atoms with E-state index in [4.69, 9.17) is 5.73 Å². The molecule has 0 aromatic carbocycles. The van der Waals surface area contributed by atoms with E-state index < -0.39 is 9.84 Å². The first-order valence-electron chi connectivity index (χ1n) is 5.77. The molecular weight excluding hydrogens is 212 g/mol. The maximum Gasteiger partial charge on any atom is 0.151 e. The van der Waals surface area contributed by atoms with Gasteiger partial charge in [-0.05, 0) is 32.2 Å². The molecule has 1 saturated heterocycles. The van der Waals surface area contributed by atoms with Crippen molar-refractivity contribution < 1.29 is 8.42 Å². The fourth-order valence-corrected chi connectivity index (χ4v) is 3.93. The normalized spacial score (nSPS) is 37.7. The molecule has 1 aliphatic heterocycles. The molecule has 5 heteroatoms. The van der Waals surface area contributed by atoms with E-state index in [1.165, 1.54) is 0 Å². The topological polar surface area (TPSA) is 63.4 Å². The second kappa shape index (κ2) is 4.39. The molecule has 88 valence electrons. The summed E-state index contributed by atoms with van der Waals surface area (Å²) in [7, 11) is -2.77. The first-order chi connectivity index (χ1) is 7.07. The van der Waals surface area contributed by atoms with Gasteiger partial charge in [-0.25, -0.2) is 8.42 Å². The van der Waals surface area contributed by atoms with Crippen LogP contribution in [-0.4, -0.2) is 50.0 Å². The first-order valence-corrected chi connectivity index (χ1v) is 7.59. The summed E-state index contributed by atoms with van der Waals surface area (Å²) in [5.41, 5.74) is 5.88. The van der Waals surface area contributed by atoms with E-state index in [9.17, 15) is 8.42 Å². The Morgan fingerprint density at radius 2 is 1.93 bits per heavy atom. The Kier molecular flexibility index (Phi) is 3.33. The summed E-state index contributed by atoms with van der Waals surface area (Å²) in [5, 5.41) is 0. The van der Waals surface area contributed by atoms with E-state index in [-0.39, 0.29) is 0 Å². The Balaban J connectivity index is 1.94. The van der Waals surface area contributed by atoms with Gasteiger partial charge in [-0.3, -0.25) is 4.90 Å². The molecule has 2 rings (SSSR count). The number of sulfone groups is 1. The van der Waals surface area contributed by atoms with Gasteiger partial charge in [-0.15, -0.1) is 0 Å². The molecule has 0 spiro atoms. The molecule has 0 amide bonds. The third kappa shape index (κ3) is 2.92. The number of nitrogens with two attached hydrogens (primary N) is 1. The molecule has 0 bridgehead atoms. The summed E-state index contributed by atoms with van der Waals surface area (Å²) < 4.78 is 22.9. The van der Waals surface area contributed by atoms with E-state index in [0.717, 1.165) is 32.2 Å². The van der Waals surface area contributed by atoms with E-state index >= 15 is 0 Å². The van der Waals surface area contributed by atoms with Crippen molar-refractivity contribution >= 4 is 9.84 Å². The van der Waals surface area contributed by atoms with Crippen LogP contribution in [0.2, 0.25) is 0 Å². The predicted molar refractivity (Wildman–Crippen MR) is 60.5 cm³/mol. The third-order valence-electron chi connectivity index (χ3n) is 3.55. The largest absolute Gasteiger partial charge is 0.328 e. The third-order valence-corrected chi connectivity index (χ3v) is 5.27. The van der Waals surface area contributed by atoms with Crippen molar-refractivity contribution in [3.63, 3.8) is 0 Å². The lowest BCUT2D eigenvalue weighted by Crippen LogP contribution is -2.36. The quantitative estimate of drug-likeness (QED) is 0.690. The number of rotatable bonds is 1. The van der Waals surface area contributed by atoms with E-state index in [1.54, 1.807) is 0 Å². The number of nitrogens with zero attached hydrogens (tertiary/aromatic N) is 1. The predicted octanol–water partition coefficient (Wildman–Crippen LogP) is -0.0133. The highest BCUT2D eigenvalue weighted by molar-refractivity contribution is 7.91. The minimum absolute atomic E-state index is 0.329. The molecule has 0 aromatic heterocycles. The summed E-state index contributed by atoms with van der Waals surface area (Å²) in [5.74, 6) is 0.695. The van der Waals surface area contributed by atoms with Gasteiger partial charge in [0.05, 0.1) is 11.5 Å². The molecule has 0 radical (unpaired) electrons. The van der Waals surface area contributed by atoms with E-state index in [0.29, 0.717) is 30.1 Å². The fourth-order valence-electron chi connectivity index (χ4n) is 2.65. The summed E-state index contributed by atoms with van der Waals surface area (Å²) >= 11 is 0. The van der Waals surface area contributed by atoms with Gasteiger partial charge in [0.25, 0.3) is 0 Å². The van der Waals surface area contributed by atoms with Crippen molar-refractivity contribution in [1.82, 2.24) is 4.90 Å². The molecule has 1 saturated carbocycles. The van der Waals surface area contributed by atoms with Gasteiger partial charge in [0, 0.05) is 18.6 Å². The second-order valence-electron chi connectivity index (χ2n) is 4.77. The van der Waals surface area contributed by atoms with Crippen LogP contribution in [0.25, 0.3) is 0 Å². The number of hydrogen-bond acceptors (Lipinski definition) is 4. The standard InChI is InChI=1S/C10H20N2O2S/c11-9-2-3-10(8-9)12-4-1-6-15(13,14)7-5-12/h9-10H,1-8,11H2. The smallest absolute Gasteiger partial charge is 0.151 e. The molecule has 4 nitrogen and oxygen atoms in total. The maximum atomic E-state index is 11.4. The molecule has 2 aliphatic rings. The van der Waals surface area contributed by atoms with Crippen molar-refractivity contribution in [1.29, 1.82) is 0 Å². The Labute approximate surface area is 91.7 Å². The van der Waals surface area contributed by atoms with Crippen LogP contribution in [0.3, 0.4) is 0 Å². The van der Waals surface area contributed by atoms with Crippen LogP contribution in [0.5, 0.6) is 0 Å². The molecule has 2 N–H and O–H groups in total. The number of hydrogen-bond donors (Lipinski definition) is 1. The van der Waals surface area contributed by atoms with E-state index in [2.05, 4.69) is 4.90 Å². The fraction of sp³-hybridized carbons (Fsp3) is 1.00. The molecular formula is C10H20N2O2S. The zero-order valence-electron chi connectivity index (χ0n) is 9.06. The SMILES string of the molecule is NC1CCC(N2CCCS(=O)(=O)CC2)C1. The Hall–Kier alpha value is -0.130. The van der Waals surface area contributed by atoms with Crippen LogP contribution in [0.4, 0.5) is 0 Å². The molecule has 2 fully saturated rings. The molecule has 0 aromatic rings. The zero-order valence-corrected chi connectivity index (χ0v) is 9.88. The van der Waals surface area contributed by atoms with Gasteiger partial charge in [0.2, 0.25) is 0 Å².